The van der Waals surface area contributed by atoms with Crippen LogP contribution in [0.5, 0.6) is 17.2 Å². The van der Waals surface area contributed by atoms with Gasteiger partial charge in [0.2, 0.25) is 0 Å². The summed E-state index contributed by atoms with van der Waals surface area (Å²) in [6.07, 6.45) is 3.14. The van der Waals surface area contributed by atoms with Crippen LogP contribution in [-0.4, -0.2) is 72.6 Å². The van der Waals surface area contributed by atoms with Crippen molar-refractivity contribution >= 4 is 17.4 Å². The van der Waals surface area contributed by atoms with Crippen LogP contribution in [0.3, 0.4) is 0 Å². The van der Waals surface area contributed by atoms with E-state index in [9.17, 15) is 14.7 Å². The fraction of sp³-hybridized carbons (Fsp3) is 0.467. The largest absolute Gasteiger partial charge is 0.507 e. The molecular weight excluding hydrogens is 484 g/mol. The smallest absolute Gasteiger partial charge is 0.295 e. The molecule has 1 amide bonds. The molecule has 1 fully saturated rings. The normalized spacial score (nSPS) is 18.3. The maximum Gasteiger partial charge on any atom is 0.295 e. The molecule has 0 radical (unpaired) electrons. The summed E-state index contributed by atoms with van der Waals surface area (Å²) in [5.41, 5.74) is 1.18. The molecule has 0 spiro atoms. The zero-order chi connectivity index (χ0) is 27.1. The second-order valence-corrected chi connectivity index (χ2v) is 9.51. The Bertz CT molecular complexity index is 1170. The molecular formula is C30H38N2O6. The monoisotopic (exact) mass is 522 g/mol. The number of aliphatic hydroxyl groups is 1. The summed E-state index contributed by atoms with van der Waals surface area (Å²) in [6, 6.07) is 11.8. The number of benzene rings is 2. The minimum Gasteiger partial charge on any atom is -0.507 e. The van der Waals surface area contributed by atoms with Crippen LogP contribution in [0, 0.1) is 0 Å². The average Bonchev–Trinajstić information content (AvgIpc) is 3.20. The van der Waals surface area contributed by atoms with E-state index in [1.165, 1.54) is 0 Å². The topological polar surface area (TPSA) is 88.5 Å². The van der Waals surface area contributed by atoms with E-state index in [0.717, 1.165) is 37.9 Å². The fourth-order valence-electron chi connectivity index (χ4n) is 4.91. The van der Waals surface area contributed by atoms with E-state index in [1.807, 2.05) is 24.3 Å². The Morgan fingerprint density at radius 2 is 1.79 bits per heavy atom. The number of likely N-dealkylation sites (N-methyl/N-ethyl adjacent to an activating group) is 1. The van der Waals surface area contributed by atoms with Gasteiger partial charge in [-0.05, 0) is 55.4 Å². The van der Waals surface area contributed by atoms with Crippen molar-refractivity contribution in [2.75, 3.05) is 46.0 Å². The van der Waals surface area contributed by atoms with Gasteiger partial charge in [0, 0.05) is 18.7 Å². The van der Waals surface area contributed by atoms with Crippen molar-refractivity contribution in [2.45, 2.75) is 46.1 Å². The number of carbonyl (C=O) groups is 2. The van der Waals surface area contributed by atoms with E-state index >= 15 is 0 Å². The quantitative estimate of drug-likeness (QED) is 0.186. The number of unbranched alkanes of at least 4 members (excludes halogenated alkanes) is 2. The van der Waals surface area contributed by atoms with E-state index < -0.39 is 17.7 Å². The maximum atomic E-state index is 13.4. The summed E-state index contributed by atoms with van der Waals surface area (Å²) >= 11 is 0. The van der Waals surface area contributed by atoms with Crippen molar-refractivity contribution in [2.24, 2.45) is 0 Å². The third-order valence-corrected chi connectivity index (χ3v) is 7.10. The number of carbonyl (C=O) groups excluding carboxylic acids is 2. The molecule has 1 atom stereocenters. The molecule has 0 bridgehead atoms. The van der Waals surface area contributed by atoms with E-state index in [2.05, 4.69) is 25.7 Å². The summed E-state index contributed by atoms with van der Waals surface area (Å²) in [7, 11) is 0. The van der Waals surface area contributed by atoms with Crippen LogP contribution in [0.4, 0.5) is 0 Å². The predicted molar refractivity (Wildman–Crippen MR) is 146 cm³/mol. The molecule has 2 heterocycles. The first-order valence-electron chi connectivity index (χ1n) is 13.6. The van der Waals surface area contributed by atoms with E-state index in [-0.39, 0.29) is 11.3 Å². The van der Waals surface area contributed by atoms with Crippen LogP contribution in [-0.2, 0) is 9.59 Å². The van der Waals surface area contributed by atoms with Crippen LogP contribution in [0.25, 0.3) is 5.76 Å². The minimum atomic E-state index is -0.738. The van der Waals surface area contributed by atoms with Gasteiger partial charge in [0.15, 0.2) is 11.5 Å². The van der Waals surface area contributed by atoms with Crippen LogP contribution in [0.1, 0.15) is 57.2 Å². The Morgan fingerprint density at radius 3 is 2.53 bits per heavy atom. The molecule has 2 aliphatic rings. The molecule has 8 nitrogen and oxygen atoms in total. The number of likely N-dealkylation sites (tertiary alicyclic amines) is 1. The highest BCUT2D eigenvalue weighted by atomic mass is 16.6. The van der Waals surface area contributed by atoms with E-state index in [0.29, 0.717) is 55.7 Å². The lowest BCUT2D eigenvalue weighted by Gasteiger charge is -2.28. The van der Waals surface area contributed by atoms with Gasteiger partial charge in [-0.3, -0.25) is 9.59 Å². The summed E-state index contributed by atoms with van der Waals surface area (Å²) in [6.45, 7) is 10.4. The van der Waals surface area contributed by atoms with Crippen LogP contribution < -0.4 is 14.2 Å². The number of ketones is 1. The number of amides is 1. The molecule has 0 aromatic heterocycles. The standard InChI is InChI=1S/C30H38N2O6/c1-4-7-8-16-36-23-11-9-10-21(19-23)27-26(29(34)30(35)32(27)15-14-31(5-2)6-3)28(33)22-12-13-24-25(20-22)38-18-17-37-24/h9-13,19-20,27,33H,4-8,14-18H2,1-3H3/t27-/m1/s1. The van der Waals surface area contributed by atoms with Gasteiger partial charge in [-0.25, -0.2) is 0 Å². The van der Waals surface area contributed by atoms with Gasteiger partial charge >= 0.3 is 0 Å². The van der Waals surface area contributed by atoms with Gasteiger partial charge in [-0.2, -0.15) is 0 Å². The van der Waals surface area contributed by atoms with Crippen LogP contribution in [0.2, 0.25) is 0 Å². The first-order valence-corrected chi connectivity index (χ1v) is 13.6. The first kappa shape index (κ1) is 27.5. The lowest BCUT2D eigenvalue weighted by molar-refractivity contribution is -0.140. The average molecular weight is 523 g/mol. The van der Waals surface area contributed by atoms with Gasteiger partial charge < -0.3 is 29.1 Å². The number of hydrogen-bond acceptors (Lipinski definition) is 7. The fourth-order valence-corrected chi connectivity index (χ4v) is 4.91. The molecule has 2 aromatic carbocycles. The lowest BCUT2D eigenvalue weighted by Crippen LogP contribution is -2.38. The Morgan fingerprint density at radius 1 is 1.03 bits per heavy atom. The highest BCUT2D eigenvalue weighted by molar-refractivity contribution is 6.46. The molecule has 1 N–H and O–H groups in total. The zero-order valence-corrected chi connectivity index (χ0v) is 22.6. The van der Waals surface area contributed by atoms with Gasteiger partial charge in [0.05, 0.1) is 18.2 Å². The number of aliphatic hydroxyl groups excluding tert-OH is 1. The highest BCUT2D eigenvalue weighted by Crippen LogP contribution is 2.41. The molecule has 0 unspecified atom stereocenters. The third-order valence-electron chi connectivity index (χ3n) is 7.10. The molecule has 4 rings (SSSR count). The summed E-state index contributed by atoms with van der Waals surface area (Å²) in [5, 5.41) is 11.4. The van der Waals surface area contributed by atoms with Gasteiger partial charge in [-0.15, -0.1) is 0 Å². The van der Waals surface area contributed by atoms with Crippen molar-refractivity contribution < 1.29 is 28.9 Å². The number of Topliss-reactive ketones (excluding diaryl/α,β-unsaturated/α-hetero) is 1. The Labute approximate surface area is 224 Å². The molecule has 38 heavy (non-hydrogen) atoms. The Hall–Kier alpha value is -3.52. The molecule has 2 aliphatic heterocycles. The summed E-state index contributed by atoms with van der Waals surface area (Å²) in [5.74, 6) is 0.205. The number of rotatable bonds is 12. The first-order chi connectivity index (χ1) is 18.5. The highest BCUT2D eigenvalue weighted by Gasteiger charge is 2.46. The van der Waals surface area contributed by atoms with Gasteiger partial charge in [-0.1, -0.05) is 45.7 Å². The van der Waals surface area contributed by atoms with Crippen molar-refractivity contribution in [3.05, 3.63) is 59.2 Å². The van der Waals surface area contributed by atoms with Gasteiger partial charge in [0.1, 0.15) is 24.7 Å². The van der Waals surface area contributed by atoms with Crippen molar-refractivity contribution in [1.29, 1.82) is 0 Å². The van der Waals surface area contributed by atoms with Crippen LogP contribution in [0.15, 0.2) is 48.0 Å². The molecule has 0 aliphatic carbocycles. The summed E-state index contributed by atoms with van der Waals surface area (Å²) < 4.78 is 17.2. The van der Waals surface area contributed by atoms with Crippen molar-refractivity contribution in [3.63, 3.8) is 0 Å². The number of nitrogens with zero attached hydrogens (tertiary/aromatic N) is 2. The number of fused-ring (bicyclic) bond motifs is 1. The lowest BCUT2D eigenvalue weighted by atomic mass is 9.95. The second kappa shape index (κ2) is 12.8. The zero-order valence-electron chi connectivity index (χ0n) is 22.6. The molecule has 204 valence electrons. The minimum absolute atomic E-state index is 0.0642. The molecule has 2 aromatic rings. The molecule has 0 saturated carbocycles. The predicted octanol–water partition coefficient (Wildman–Crippen LogP) is 4.79. The SMILES string of the molecule is CCCCCOc1cccc([C@@H]2C(=C(O)c3ccc4c(c3)OCCO4)C(=O)C(=O)N2CCN(CC)CC)c1. The van der Waals surface area contributed by atoms with Crippen molar-refractivity contribution in [1.82, 2.24) is 9.80 Å². The molecule has 8 heteroatoms. The van der Waals surface area contributed by atoms with E-state index in [1.54, 1.807) is 23.1 Å². The third kappa shape index (κ3) is 5.96. The number of hydrogen-bond donors (Lipinski definition) is 1. The van der Waals surface area contributed by atoms with Gasteiger partial charge in [0.25, 0.3) is 11.7 Å². The Kier molecular flexibility index (Phi) is 9.29. The number of ether oxygens (including phenoxy) is 3. The Balaban J connectivity index is 1.73. The maximum absolute atomic E-state index is 13.4. The van der Waals surface area contributed by atoms with Crippen molar-refractivity contribution in [3.8, 4) is 17.2 Å². The summed E-state index contributed by atoms with van der Waals surface area (Å²) in [4.78, 5) is 30.5. The second-order valence-electron chi connectivity index (χ2n) is 9.51. The van der Waals surface area contributed by atoms with E-state index in [4.69, 9.17) is 14.2 Å². The molecule has 1 saturated heterocycles. The van der Waals surface area contributed by atoms with Crippen LogP contribution >= 0.6 is 0 Å².